The molecule has 1 aliphatic carbocycles. The van der Waals surface area contributed by atoms with E-state index < -0.39 is 0 Å². The zero-order valence-electron chi connectivity index (χ0n) is 17.0. The van der Waals surface area contributed by atoms with E-state index in [0.29, 0.717) is 29.4 Å². The van der Waals surface area contributed by atoms with E-state index in [1.165, 1.54) is 23.9 Å². The molecule has 0 spiro atoms. The molecule has 1 fully saturated rings. The molecule has 0 radical (unpaired) electrons. The topological polar surface area (TPSA) is 80.3 Å². The number of anilines is 1. The van der Waals surface area contributed by atoms with E-state index >= 15 is 0 Å². The van der Waals surface area contributed by atoms with Crippen molar-refractivity contribution in [1.29, 1.82) is 0 Å². The standard InChI is InChI=1S/C25H23N3O3/c29-23-12-11-19(26-25(30)24-10-5-13-31-24)14-20(23)21-15-22(18-8-4-9-18)28(27-21)16-17-6-2-1-3-7-17/h1-3,5-7,10-15,18,29H,4,8-9,16H2,(H,26,30). The molecule has 2 heterocycles. The Balaban J connectivity index is 1.47. The first-order valence-electron chi connectivity index (χ1n) is 10.5. The van der Waals surface area contributed by atoms with Crippen molar-refractivity contribution in [2.75, 3.05) is 5.32 Å². The molecule has 0 atom stereocenters. The van der Waals surface area contributed by atoms with Crippen LogP contribution in [0.25, 0.3) is 11.3 Å². The Kier molecular flexibility index (Phi) is 5.04. The second-order valence-corrected chi connectivity index (χ2v) is 7.89. The lowest BCUT2D eigenvalue weighted by Crippen LogP contribution is -2.15. The van der Waals surface area contributed by atoms with Crippen molar-refractivity contribution in [3.05, 3.63) is 90.0 Å². The van der Waals surface area contributed by atoms with E-state index in [0.717, 1.165) is 12.8 Å². The van der Waals surface area contributed by atoms with Crippen molar-refractivity contribution in [2.24, 2.45) is 0 Å². The van der Waals surface area contributed by atoms with Gasteiger partial charge in [-0.05, 0) is 54.8 Å². The fourth-order valence-electron chi connectivity index (χ4n) is 3.90. The smallest absolute Gasteiger partial charge is 0.291 e. The number of aromatic hydroxyl groups is 1. The van der Waals surface area contributed by atoms with Crippen molar-refractivity contribution in [3.63, 3.8) is 0 Å². The fourth-order valence-corrected chi connectivity index (χ4v) is 3.90. The summed E-state index contributed by atoms with van der Waals surface area (Å²) in [6, 6.07) is 20.6. The number of aromatic nitrogens is 2. The largest absolute Gasteiger partial charge is 0.507 e. The number of hydrogen-bond donors (Lipinski definition) is 2. The summed E-state index contributed by atoms with van der Waals surface area (Å²) in [5.74, 6) is 0.509. The molecule has 156 valence electrons. The Bertz CT molecular complexity index is 1190. The van der Waals surface area contributed by atoms with Crippen LogP contribution in [-0.2, 0) is 6.54 Å². The maximum absolute atomic E-state index is 12.3. The van der Waals surface area contributed by atoms with E-state index in [9.17, 15) is 9.90 Å². The second-order valence-electron chi connectivity index (χ2n) is 7.89. The summed E-state index contributed by atoms with van der Waals surface area (Å²) in [4.78, 5) is 12.3. The maximum Gasteiger partial charge on any atom is 0.291 e. The highest BCUT2D eigenvalue weighted by molar-refractivity contribution is 6.02. The number of amides is 1. The van der Waals surface area contributed by atoms with Gasteiger partial charge in [-0.25, -0.2) is 0 Å². The summed E-state index contributed by atoms with van der Waals surface area (Å²) in [5, 5.41) is 18.2. The third kappa shape index (κ3) is 3.97. The van der Waals surface area contributed by atoms with Gasteiger partial charge < -0.3 is 14.8 Å². The van der Waals surface area contributed by atoms with Gasteiger partial charge in [0.1, 0.15) is 5.75 Å². The molecule has 1 saturated carbocycles. The van der Waals surface area contributed by atoms with Gasteiger partial charge in [-0.2, -0.15) is 5.10 Å². The molecule has 6 heteroatoms. The van der Waals surface area contributed by atoms with Crippen LogP contribution < -0.4 is 5.32 Å². The van der Waals surface area contributed by atoms with E-state index in [-0.39, 0.29) is 17.4 Å². The lowest BCUT2D eigenvalue weighted by Gasteiger charge is -2.26. The SMILES string of the molecule is O=C(Nc1ccc(O)c(-c2cc(C3CCC3)n(Cc3ccccc3)n2)c1)c1ccco1. The molecule has 31 heavy (non-hydrogen) atoms. The number of carbonyl (C=O) groups excluding carboxylic acids is 1. The number of benzene rings is 2. The Morgan fingerprint density at radius 3 is 2.65 bits per heavy atom. The van der Waals surface area contributed by atoms with Crippen LogP contribution in [0.4, 0.5) is 5.69 Å². The zero-order chi connectivity index (χ0) is 21.2. The number of phenolic OH excluding ortho intramolecular Hbond substituents is 1. The van der Waals surface area contributed by atoms with Gasteiger partial charge in [0.25, 0.3) is 5.91 Å². The van der Waals surface area contributed by atoms with Crippen molar-refractivity contribution in [2.45, 2.75) is 31.7 Å². The number of furan rings is 1. The number of nitrogens with one attached hydrogen (secondary N) is 1. The predicted molar refractivity (Wildman–Crippen MR) is 118 cm³/mol. The van der Waals surface area contributed by atoms with Crippen molar-refractivity contribution in [1.82, 2.24) is 9.78 Å². The Hall–Kier alpha value is -3.80. The van der Waals surface area contributed by atoms with E-state index in [4.69, 9.17) is 9.52 Å². The highest BCUT2D eigenvalue weighted by atomic mass is 16.3. The Morgan fingerprint density at radius 2 is 1.94 bits per heavy atom. The van der Waals surface area contributed by atoms with Gasteiger partial charge in [0.2, 0.25) is 0 Å². The molecule has 6 nitrogen and oxygen atoms in total. The van der Waals surface area contributed by atoms with Gasteiger partial charge in [0, 0.05) is 22.9 Å². The Morgan fingerprint density at radius 1 is 1.10 bits per heavy atom. The van der Waals surface area contributed by atoms with Crippen LogP contribution in [0, 0.1) is 0 Å². The minimum Gasteiger partial charge on any atom is -0.507 e. The molecule has 2 N–H and O–H groups in total. The molecular formula is C25H23N3O3. The quantitative estimate of drug-likeness (QED) is 0.414. The molecular weight excluding hydrogens is 390 g/mol. The average Bonchev–Trinajstić information content (AvgIpc) is 3.40. The summed E-state index contributed by atoms with van der Waals surface area (Å²) in [7, 11) is 0. The van der Waals surface area contributed by atoms with Crippen LogP contribution in [-0.4, -0.2) is 20.8 Å². The molecule has 1 amide bonds. The van der Waals surface area contributed by atoms with Crippen LogP contribution in [0.2, 0.25) is 0 Å². The number of nitrogens with zero attached hydrogens (tertiary/aromatic N) is 2. The molecule has 0 aliphatic heterocycles. The molecule has 0 saturated heterocycles. The average molecular weight is 413 g/mol. The second kappa shape index (κ2) is 8.14. The summed E-state index contributed by atoms with van der Waals surface area (Å²) >= 11 is 0. The summed E-state index contributed by atoms with van der Waals surface area (Å²) in [5.41, 5.74) is 4.22. The molecule has 2 aromatic carbocycles. The van der Waals surface area contributed by atoms with Gasteiger partial charge in [-0.3, -0.25) is 9.48 Å². The van der Waals surface area contributed by atoms with Crippen LogP contribution in [0.3, 0.4) is 0 Å². The van der Waals surface area contributed by atoms with Crippen LogP contribution in [0.15, 0.2) is 77.4 Å². The van der Waals surface area contributed by atoms with E-state index in [2.05, 4.69) is 23.5 Å². The minimum absolute atomic E-state index is 0.125. The molecule has 5 rings (SSSR count). The van der Waals surface area contributed by atoms with Crippen LogP contribution >= 0.6 is 0 Å². The van der Waals surface area contributed by atoms with Crippen molar-refractivity contribution in [3.8, 4) is 17.0 Å². The van der Waals surface area contributed by atoms with Gasteiger partial charge in [0.05, 0.1) is 18.5 Å². The summed E-state index contributed by atoms with van der Waals surface area (Å²) in [6.45, 7) is 0.683. The first-order chi connectivity index (χ1) is 15.2. The van der Waals surface area contributed by atoms with Crippen molar-refractivity contribution < 1.29 is 14.3 Å². The molecule has 0 bridgehead atoms. The third-order valence-electron chi connectivity index (χ3n) is 5.79. The Labute approximate surface area is 180 Å². The first-order valence-corrected chi connectivity index (χ1v) is 10.5. The van der Waals surface area contributed by atoms with Gasteiger partial charge in [-0.1, -0.05) is 36.8 Å². The lowest BCUT2D eigenvalue weighted by molar-refractivity contribution is 0.0996. The normalized spacial score (nSPS) is 13.7. The van der Waals surface area contributed by atoms with Gasteiger partial charge in [-0.15, -0.1) is 0 Å². The van der Waals surface area contributed by atoms with Crippen LogP contribution in [0.5, 0.6) is 5.75 Å². The highest BCUT2D eigenvalue weighted by Gasteiger charge is 2.25. The lowest BCUT2D eigenvalue weighted by atomic mass is 9.82. The van der Waals surface area contributed by atoms with Gasteiger partial charge >= 0.3 is 0 Å². The highest BCUT2D eigenvalue weighted by Crippen LogP contribution is 2.39. The minimum atomic E-state index is -0.341. The van der Waals surface area contributed by atoms with Crippen molar-refractivity contribution >= 4 is 11.6 Å². The molecule has 4 aromatic rings. The molecule has 1 aliphatic rings. The van der Waals surface area contributed by atoms with Crippen LogP contribution in [0.1, 0.15) is 47.0 Å². The van der Waals surface area contributed by atoms with E-state index in [1.807, 2.05) is 22.9 Å². The monoisotopic (exact) mass is 413 g/mol. The maximum atomic E-state index is 12.3. The summed E-state index contributed by atoms with van der Waals surface area (Å²) < 4.78 is 7.19. The number of rotatable bonds is 6. The van der Waals surface area contributed by atoms with E-state index in [1.54, 1.807) is 30.3 Å². The summed E-state index contributed by atoms with van der Waals surface area (Å²) in [6.07, 6.45) is 5.00. The zero-order valence-corrected chi connectivity index (χ0v) is 17.0. The fraction of sp³-hybridized carbons (Fsp3) is 0.200. The number of hydrogen-bond acceptors (Lipinski definition) is 4. The number of carbonyl (C=O) groups is 1. The molecule has 2 aromatic heterocycles. The first kappa shape index (κ1) is 19.2. The van der Waals surface area contributed by atoms with Gasteiger partial charge in [0.15, 0.2) is 5.76 Å². The predicted octanol–water partition coefficient (Wildman–Crippen LogP) is 5.42. The number of phenols is 1. The third-order valence-corrected chi connectivity index (χ3v) is 5.79. The molecule has 0 unspecified atom stereocenters.